The Morgan fingerprint density at radius 3 is 2.10 bits per heavy atom. The Balaban J connectivity index is 1.63. The number of carbonyl (C=O) groups is 2. The number of nitrogen functional groups attached to an aromatic ring is 1. The predicted molar refractivity (Wildman–Crippen MR) is 114 cm³/mol. The highest BCUT2D eigenvalue weighted by Gasteiger charge is 2.13. The van der Waals surface area contributed by atoms with Crippen LogP contribution < -0.4 is 27.4 Å². The van der Waals surface area contributed by atoms with Gasteiger partial charge in [0, 0.05) is 10.0 Å². The molecule has 0 aliphatic heterocycles. The summed E-state index contributed by atoms with van der Waals surface area (Å²) in [6.45, 7) is 0. The summed E-state index contributed by atoms with van der Waals surface area (Å²) in [6.07, 6.45) is 1.22. The molecule has 29 heavy (non-hydrogen) atoms. The molecular formula is C18H15BrClN7O2. The molecule has 1 aromatic heterocycles. The Kier molecular flexibility index (Phi) is 6.47. The number of hydrogen-bond donors (Lipinski definition) is 5. The van der Waals surface area contributed by atoms with Gasteiger partial charge in [-0.05, 0) is 36.4 Å². The average molecular weight is 477 g/mol. The third kappa shape index (κ3) is 5.12. The van der Waals surface area contributed by atoms with Crippen LogP contribution in [0.2, 0.25) is 5.02 Å². The van der Waals surface area contributed by atoms with Crippen molar-refractivity contribution in [2.45, 2.75) is 0 Å². The van der Waals surface area contributed by atoms with E-state index in [0.29, 0.717) is 10.6 Å². The van der Waals surface area contributed by atoms with E-state index in [1.165, 1.54) is 6.33 Å². The van der Waals surface area contributed by atoms with E-state index in [4.69, 9.17) is 17.3 Å². The minimum atomic E-state index is -0.466. The van der Waals surface area contributed by atoms with Gasteiger partial charge in [-0.15, -0.1) is 0 Å². The monoisotopic (exact) mass is 475 g/mol. The smallest absolute Gasteiger partial charge is 0.271 e. The molecule has 148 valence electrons. The van der Waals surface area contributed by atoms with Gasteiger partial charge in [0.25, 0.3) is 11.8 Å². The largest absolute Gasteiger partial charge is 0.393 e. The number of nitrogens with zero attached hydrogens (tertiary/aromatic N) is 2. The van der Waals surface area contributed by atoms with Crippen LogP contribution in [-0.4, -0.2) is 21.8 Å². The maximum atomic E-state index is 12.2. The Hall–Kier alpha value is -3.37. The lowest BCUT2D eigenvalue weighted by molar-refractivity contribution is 0.0954. The van der Waals surface area contributed by atoms with Crippen molar-refractivity contribution in [2.75, 3.05) is 16.6 Å². The van der Waals surface area contributed by atoms with Crippen molar-refractivity contribution in [1.82, 2.24) is 20.8 Å². The fourth-order valence-corrected chi connectivity index (χ4v) is 2.70. The molecule has 0 unspecified atom stereocenters. The molecule has 0 atom stereocenters. The summed E-state index contributed by atoms with van der Waals surface area (Å²) in [7, 11) is 0. The molecule has 3 aromatic rings. The number of rotatable bonds is 6. The maximum Gasteiger partial charge on any atom is 0.271 e. The van der Waals surface area contributed by atoms with Crippen LogP contribution >= 0.6 is 27.5 Å². The van der Waals surface area contributed by atoms with Crippen LogP contribution in [0, 0.1) is 0 Å². The quantitative estimate of drug-likeness (QED) is 0.345. The second-order valence-electron chi connectivity index (χ2n) is 5.63. The summed E-state index contributed by atoms with van der Waals surface area (Å²) < 4.78 is 0.858. The van der Waals surface area contributed by atoms with Crippen LogP contribution in [0.5, 0.6) is 0 Å². The normalized spacial score (nSPS) is 10.1. The molecule has 0 spiro atoms. The third-order valence-corrected chi connectivity index (χ3v) is 4.56. The van der Waals surface area contributed by atoms with Gasteiger partial charge in [-0.3, -0.25) is 31.3 Å². The Morgan fingerprint density at radius 2 is 1.48 bits per heavy atom. The number of benzene rings is 2. The third-order valence-electron chi connectivity index (χ3n) is 3.70. The number of amides is 2. The van der Waals surface area contributed by atoms with Crippen molar-refractivity contribution in [2.24, 2.45) is 0 Å². The Morgan fingerprint density at radius 1 is 0.897 bits per heavy atom. The molecule has 0 fully saturated rings. The molecule has 9 nitrogen and oxygen atoms in total. The zero-order valence-electron chi connectivity index (χ0n) is 14.7. The molecule has 0 aliphatic rings. The highest BCUT2D eigenvalue weighted by Crippen LogP contribution is 2.21. The van der Waals surface area contributed by atoms with Gasteiger partial charge < -0.3 is 5.73 Å². The standard InChI is InChI=1S/C18H15BrClN7O2/c19-11-7-5-10(6-8-11)17(28)26-24-15-14(21)16(23-9-22-15)25-27-18(29)12-3-1-2-4-13(12)20/h1-9H,21H2,(H,26,28)(H,27,29)(H2,22,23,24,25). The number of hydrogen-bond acceptors (Lipinski definition) is 7. The highest BCUT2D eigenvalue weighted by atomic mass is 79.9. The molecule has 2 aromatic carbocycles. The molecule has 0 saturated heterocycles. The van der Waals surface area contributed by atoms with Gasteiger partial charge in [0.1, 0.15) is 12.0 Å². The van der Waals surface area contributed by atoms with Crippen LogP contribution in [0.3, 0.4) is 0 Å². The van der Waals surface area contributed by atoms with Crippen LogP contribution in [-0.2, 0) is 0 Å². The van der Waals surface area contributed by atoms with Crippen LogP contribution in [0.1, 0.15) is 20.7 Å². The van der Waals surface area contributed by atoms with Crippen LogP contribution in [0.4, 0.5) is 17.3 Å². The molecule has 11 heteroatoms. The van der Waals surface area contributed by atoms with Gasteiger partial charge in [-0.1, -0.05) is 39.7 Å². The number of halogens is 2. The van der Waals surface area contributed by atoms with Gasteiger partial charge >= 0.3 is 0 Å². The molecule has 0 saturated carbocycles. The number of nitrogens with one attached hydrogen (secondary N) is 4. The lowest BCUT2D eigenvalue weighted by Gasteiger charge is -2.14. The van der Waals surface area contributed by atoms with Crippen molar-refractivity contribution < 1.29 is 9.59 Å². The number of carbonyl (C=O) groups excluding carboxylic acids is 2. The minimum absolute atomic E-state index is 0.0862. The fraction of sp³-hybridized carbons (Fsp3) is 0. The zero-order valence-corrected chi connectivity index (χ0v) is 17.1. The van der Waals surface area contributed by atoms with Crippen LogP contribution in [0.15, 0.2) is 59.3 Å². The molecule has 1 heterocycles. The second kappa shape index (κ2) is 9.22. The van der Waals surface area contributed by atoms with Crippen molar-refractivity contribution in [3.63, 3.8) is 0 Å². The summed E-state index contributed by atoms with van der Waals surface area (Å²) in [4.78, 5) is 32.3. The molecule has 0 aliphatic carbocycles. The maximum absolute atomic E-state index is 12.2. The summed E-state index contributed by atoms with van der Waals surface area (Å²) in [5.74, 6) is -0.551. The molecule has 0 radical (unpaired) electrons. The zero-order chi connectivity index (χ0) is 20.8. The van der Waals surface area contributed by atoms with Gasteiger partial charge in [0.2, 0.25) is 0 Å². The molecule has 3 rings (SSSR count). The summed E-state index contributed by atoms with van der Waals surface area (Å²) in [6, 6.07) is 13.4. The van der Waals surface area contributed by atoms with Gasteiger partial charge in [-0.25, -0.2) is 9.97 Å². The van der Waals surface area contributed by atoms with Crippen molar-refractivity contribution in [3.8, 4) is 0 Å². The molecular weight excluding hydrogens is 462 g/mol. The Bertz CT molecular complexity index is 1050. The van der Waals surface area contributed by atoms with E-state index in [0.717, 1.165) is 4.47 Å². The number of hydrazine groups is 2. The lowest BCUT2D eigenvalue weighted by atomic mass is 10.2. The van der Waals surface area contributed by atoms with E-state index in [-0.39, 0.29) is 28.8 Å². The predicted octanol–water partition coefficient (Wildman–Crippen LogP) is 2.99. The summed E-state index contributed by atoms with van der Waals surface area (Å²) >= 11 is 9.30. The van der Waals surface area contributed by atoms with E-state index >= 15 is 0 Å². The topological polar surface area (TPSA) is 134 Å². The van der Waals surface area contributed by atoms with Crippen LogP contribution in [0.25, 0.3) is 0 Å². The molecule has 6 N–H and O–H groups in total. The Labute approximate surface area is 179 Å². The second-order valence-corrected chi connectivity index (χ2v) is 6.95. The first-order chi connectivity index (χ1) is 14.0. The van der Waals surface area contributed by atoms with E-state index in [2.05, 4.69) is 47.6 Å². The minimum Gasteiger partial charge on any atom is -0.393 e. The lowest BCUT2D eigenvalue weighted by Crippen LogP contribution is -2.32. The van der Waals surface area contributed by atoms with E-state index < -0.39 is 5.91 Å². The average Bonchev–Trinajstić information content (AvgIpc) is 2.72. The highest BCUT2D eigenvalue weighted by molar-refractivity contribution is 9.10. The van der Waals surface area contributed by atoms with E-state index in [1.54, 1.807) is 48.5 Å². The summed E-state index contributed by atoms with van der Waals surface area (Å²) in [5, 5.41) is 0.306. The number of aromatic nitrogens is 2. The first-order valence-electron chi connectivity index (χ1n) is 8.19. The van der Waals surface area contributed by atoms with Gasteiger partial charge in [-0.2, -0.15) is 0 Å². The van der Waals surface area contributed by atoms with Gasteiger partial charge in [0.05, 0.1) is 10.6 Å². The van der Waals surface area contributed by atoms with E-state index in [9.17, 15) is 9.59 Å². The van der Waals surface area contributed by atoms with Crippen molar-refractivity contribution >= 4 is 56.7 Å². The van der Waals surface area contributed by atoms with Gasteiger partial charge in [0.15, 0.2) is 11.6 Å². The van der Waals surface area contributed by atoms with E-state index in [1.807, 2.05) is 0 Å². The fourth-order valence-electron chi connectivity index (χ4n) is 2.21. The molecule has 0 bridgehead atoms. The summed E-state index contributed by atoms with van der Waals surface area (Å²) in [5.41, 5.74) is 17.0. The first-order valence-corrected chi connectivity index (χ1v) is 9.36. The SMILES string of the molecule is Nc1c(NNC(=O)c2ccc(Br)cc2)ncnc1NNC(=O)c1ccccc1Cl. The molecule has 2 amide bonds. The van der Waals surface area contributed by atoms with Crippen molar-refractivity contribution in [1.29, 1.82) is 0 Å². The van der Waals surface area contributed by atoms with Crippen molar-refractivity contribution in [3.05, 3.63) is 75.5 Å². The number of nitrogens with two attached hydrogens (primary N) is 1. The number of anilines is 3. The first kappa shape index (κ1) is 20.4.